The van der Waals surface area contributed by atoms with Crippen molar-refractivity contribution in [2.24, 2.45) is 0 Å². The van der Waals surface area contributed by atoms with Crippen molar-refractivity contribution in [3.05, 3.63) is 56.7 Å². The van der Waals surface area contributed by atoms with Crippen molar-refractivity contribution in [1.29, 1.82) is 0 Å². The predicted molar refractivity (Wildman–Crippen MR) is 76.9 cm³/mol. The second-order valence-corrected chi connectivity index (χ2v) is 5.81. The number of halogens is 1. The van der Waals surface area contributed by atoms with E-state index in [1.165, 1.54) is 0 Å². The quantitative estimate of drug-likeness (QED) is 0.830. The smallest absolute Gasteiger partial charge is 0.171 e. The number of hydrogen-bond acceptors (Lipinski definition) is 3. The number of rotatable bonds is 5. The van der Waals surface area contributed by atoms with Crippen molar-refractivity contribution in [3.8, 4) is 0 Å². The summed E-state index contributed by atoms with van der Waals surface area (Å²) in [5.41, 5.74) is 0.903. The molecule has 0 aliphatic rings. The summed E-state index contributed by atoms with van der Waals surface area (Å²) in [6, 6.07) is 11.6. The van der Waals surface area contributed by atoms with Crippen LogP contribution in [0.25, 0.3) is 0 Å². The molecule has 0 saturated carbocycles. The van der Waals surface area contributed by atoms with Gasteiger partial charge in [0, 0.05) is 28.3 Å². The highest BCUT2D eigenvalue weighted by molar-refractivity contribution is 9.10. The van der Waals surface area contributed by atoms with E-state index in [0.717, 1.165) is 14.9 Å². The molecule has 0 amide bonds. The number of Topliss-reactive ketones (excluding diaryl/α,β-unsaturated/α-hetero) is 1. The van der Waals surface area contributed by atoms with Gasteiger partial charge in [-0.3, -0.25) is 4.79 Å². The van der Waals surface area contributed by atoms with Crippen LogP contribution in [-0.4, -0.2) is 12.9 Å². The van der Waals surface area contributed by atoms with Crippen LogP contribution in [0.5, 0.6) is 0 Å². The summed E-state index contributed by atoms with van der Waals surface area (Å²) in [5.74, 6) is 0.0815. The first kappa shape index (κ1) is 13.5. The second-order valence-electron chi connectivity index (χ2n) is 3.90. The van der Waals surface area contributed by atoms with Gasteiger partial charge in [0.2, 0.25) is 0 Å². The molecular weight excluding hydrogens is 312 g/mol. The van der Waals surface area contributed by atoms with Crippen LogP contribution >= 0.6 is 27.3 Å². The lowest BCUT2D eigenvalue weighted by molar-refractivity contribution is -0.128. The molecule has 2 aromatic rings. The van der Waals surface area contributed by atoms with Gasteiger partial charge in [-0.15, -0.1) is 11.3 Å². The maximum atomic E-state index is 12.2. The molecule has 1 aromatic heterocycles. The summed E-state index contributed by atoms with van der Waals surface area (Å²) in [7, 11) is 1.57. The fourth-order valence-electron chi connectivity index (χ4n) is 1.79. The molecule has 0 aliphatic heterocycles. The Hall–Kier alpha value is -0.970. The molecule has 0 spiro atoms. The van der Waals surface area contributed by atoms with Gasteiger partial charge in [-0.05, 0) is 27.6 Å². The summed E-state index contributed by atoms with van der Waals surface area (Å²) in [6.07, 6.45) is -0.0731. The molecule has 0 saturated heterocycles. The Labute approximate surface area is 119 Å². The van der Waals surface area contributed by atoms with Crippen molar-refractivity contribution >= 4 is 33.0 Å². The molecule has 0 aliphatic carbocycles. The van der Waals surface area contributed by atoms with Crippen LogP contribution < -0.4 is 0 Å². The molecule has 18 heavy (non-hydrogen) atoms. The molecule has 0 bridgehead atoms. The van der Waals surface area contributed by atoms with Crippen LogP contribution in [-0.2, 0) is 16.0 Å². The van der Waals surface area contributed by atoms with E-state index in [1.807, 2.05) is 41.8 Å². The molecule has 2 nitrogen and oxygen atoms in total. The van der Waals surface area contributed by atoms with Crippen molar-refractivity contribution in [2.45, 2.75) is 12.5 Å². The molecule has 0 fully saturated rings. The minimum Gasteiger partial charge on any atom is -0.369 e. The summed E-state index contributed by atoms with van der Waals surface area (Å²) in [4.78, 5) is 13.3. The minimum absolute atomic E-state index is 0.0815. The molecule has 1 aromatic carbocycles. The highest BCUT2D eigenvalue weighted by Crippen LogP contribution is 2.24. The summed E-state index contributed by atoms with van der Waals surface area (Å²) >= 11 is 4.97. The van der Waals surface area contributed by atoms with E-state index in [4.69, 9.17) is 4.74 Å². The standard InChI is InChI=1S/C14H13BrO2S/c1-17-14(10-5-3-2-4-6-10)13(16)8-12-7-11(15)9-18-12/h2-7,9,14H,8H2,1H3. The second kappa shape index (κ2) is 6.27. The summed E-state index contributed by atoms with van der Waals surface area (Å²) in [6.45, 7) is 0. The number of thiophene rings is 1. The third-order valence-electron chi connectivity index (χ3n) is 2.60. The lowest BCUT2D eigenvalue weighted by Crippen LogP contribution is -2.16. The summed E-state index contributed by atoms with van der Waals surface area (Å²) in [5, 5.41) is 1.98. The Morgan fingerprint density at radius 2 is 2.11 bits per heavy atom. The van der Waals surface area contributed by atoms with E-state index < -0.39 is 6.10 Å². The largest absolute Gasteiger partial charge is 0.369 e. The molecule has 0 N–H and O–H groups in total. The van der Waals surface area contributed by atoms with Gasteiger partial charge in [0.1, 0.15) is 6.10 Å². The Morgan fingerprint density at radius 3 is 2.67 bits per heavy atom. The van der Waals surface area contributed by atoms with E-state index in [9.17, 15) is 4.79 Å². The van der Waals surface area contributed by atoms with Crippen LogP contribution in [0.15, 0.2) is 46.3 Å². The highest BCUT2D eigenvalue weighted by atomic mass is 79.9. The SMILES string of the molecule is COC(C(=O)Cc1cc(Br)cs1)c1ccccc1. The number of carbonyl (C=O) groups is 1. The minimum atomic E-state index is -0.480. The van der Waals surface area contributed by atoms with Crippen molar-refractivity contribution in [3.63, 3.8) is 0 Å². The first-order chi connectivity index (χ1) is 8.70. The van der Waals surface area contributed by atoms with Gasteiger partial charge in [-0.1, -0.05) is 30.3 Å². The van der Waals surface area contributed by atoms with Crippen LogP contribution in [0.2, 0.25) is 0 Å². The van der Waals surface area contributed by atoms with Crippen LogP contribution in [0.4, 0.5) is 0 Å². The molecule has 1 heterocycles. The van der Waals surface area contributed by atoms with Gasteiger partial charge < -0.3 is 4.74 Å². The summed E-state index contributed by atoms with van der Waals surface area (Å²) < 4.78 is 6.34. The van der Waals surface area contributed by atoms with E-state index in [0.29, 0.717) is 6.42 Å². The number of ether oxygens (including phenoxy) is 1. The van der Waals surface area contributed by atoms with Crippen LogP contribution in [0, 0.1) is 0 Å². The van der Waals surface area contributed by atoms with Gasteiger partial charge in [-0.2, -0.15) is 0 Å². The number of methoxy groups -OCH3 is 1. The zero-order chi connectivity index (χ0) is 13.0. The zero-order valence-electron chi connectivity index (χ0n) is 9.93. The fraction of sp³-hybridized carbons (Fsp3) is 0.214. The normalized spacial score (nSPS) is 12.3. The van der Waals surface area contributed by atoms with E-state index in [-0.39, 0.29) is 5.78 Å². The molecule has 0 radical (unpaired) electrons. The van der Waals surface area contributed by atoms with Crippen molar-refractivity contribution in [2.75, 3.05) is 7.11 Å². The predicted octanol–water partition coefficient (Wildman–Crippen LogP) is 4.01. The highest BCUT2D eigenvalue weighted by Gasteiger charge is 2.20. The van der Waals surface area contributed by atoms with E-state index in [1.54, 1.807) is 18.4 Å². The molecule has 4 heteroatoms. The molecule has 94 valence electrons. The van der Waals surface area contributed by atoms with Gasteiger partial charge >= 0.3 is 0 Å². The third-order valence-corrected chi connectivity index (χ3v) is 4.30. The molecule has 1 unspecified atom stereocenters. The van der Waals surface area contributed by atoms with Crippen molar-refractivity contribution in [1.82, 2.24) is 0 Å². The Morgan fingerprint density at radius 1 is 1.39 bits per heavy atom. The van der Waals surface area contributed by atoms with Gasteiger partial charge in [0.25, 0.3) is 0 Å². The zero-order valence-corrected chi connectivity index (χ0v) is 12.3. The maximum Gasteiger partial charge on any atom is 0.171 e. The third kappa shape index (κ3) is 3.28. The fourth-order valence-corrected chi connectivity index (χ4v) is 3.25. The molecular formula is C14H13BrO2S. The number of hydrogen-bond donors (Lipinski definition) is 0. The average molecular weight is 325 g/mol. The monoisotopic (exact) mass is 324 g/mol. The van der Waals surface area contributed by atoms with Gasteiger partial charge in [-0.25, -0.2) is 0 Å². The first-order valence-corrected chi connectivity index (χ1v) is 7.21. The van der Waals surface area contributed by atoms with Crippen LogP contribution in [0.3, 0.4) is 0 Å². The Bertz CT molecular complexity index is 522. The average Bonchev–Trinajstić information content (AvgIpc) is 2.77. The lowest BCUT2D eigenvalue weighted by atomic mass is 10.0. The topological polar surface area (TPSA) is 26.3 Å². The maximum absolute atomic E-state index is 12.2. The van der Waals surface area contributed by atoms with E-state index >= 15 is 0 Å². The number of ketones is 1. The molecule has 1 atom stereocenters. The van der Waals surface area contributed by atoms with Gasteiger partial charge in [0.05, 0.1) is 0 Å². The Balaban J connectivity index is 2.11. The van der Waals surface area contributed by atoms with Crippen molar-refractivity contribution < 1.29 is 9.53 Å². The first-order valence-electron chi connectivity index (χ1n) is 5.54. The lowest BCUT2D eigenvalue weighted by Gasteiger charge is -2.13. The number of benzene rings is 1. The van der Waals surface area contributed by atoms with E-state index in [2.05, 4.69) is 15.9 Å². The van der Waals surface area contributed by atoms with Gasteiger partial charge in [0.15, 0.2) is 5.78 Å². The van der Waals surface area contributed by atoms with Crippen LogP contribution in [0.1, 0.15) is 16.5 Å². The molecule has 2 rings (SSSR count). The Kier molecular flexibility index (Phi) is 4.69. The number of carbonyl (C=O) groups excluding carboxylic acids is 1.